The number of guanidine groups is 1. The Morgan fingerprint density at radius 1 is 1.39 bits per heavy atom. The van der Waals surface area contributed by atoms with E-state index in [1.54, 1.807) is 6.07 Å². The summed E-state index contributed by atoms with van der Waals surface area (Å²) < 4.78 is 13.0. The summed E-state index contributed by atoms with van der Waals surface area (Å²) in [7, 11) is 0. The van der Waals surface area contributed by atoms with Crippen molar-refractivity contribution in [3.8, 4) is 0 Å². The molecule has 0 atom stereocenters. The van der Waals surface area contributed by atoms with Crippen LogP contribution in [0.3, 0.4) is 0 Å². The van der Waals surface area contributed by atoms with Crippen LogP contribution < -0.4 is 16.6 Å². The molecular weight excluding hydrogens is 231 g/mol. The Balaban J connectivity index is 1.92. The predicted octanol–water partition coefficient (Wildman–Crippen LogP) is 1.68. The van der Waals surface area contributed by atoms with E-state index in [-0.39, 0.29) is 5.82 Å². The van der Waals surface area contributed by atoms with Crippen LogP contribution in [0.15, 0.2) is 29.3 Å². The molecule has 1 aliphatic rings. The number of hydrazine groups is 1. The fourth-order valence-corrected chi connectivity index (χ4v) is 2.20. The van der Waals surface area contributed by atoms with Crippen LogP contribution in [0.2, 0.25) is 0 Å². The number of halogens is 1. The normalized spacial score (nSPS) is 16.9. The maximum atomic E-state index is 13.0. The second kappa shape index (κ2) is 6.35. The molecule has 1 aliphatic carbocycles. The second-order valence-corrected chi connectivity index (χ2v) is 4.56. The summed E-state index contributed by atoms with van der Waals surface area (Å²) >= 11 is 0. The van der Waals surface area contributed by atoms with E-state index >= 15 is 0 Å². The lowest BCUT2D eigenvalue weighted by Crippen LogP contribution is -2.45. The molecule has 0 amide bonds. The average molecular weight is 250 g/mol. The van der Waals surface area contributed by atoms with Gasteiger partial charge in [-0.3, -0.25) is 5.43 Å². The fraction of sp³-hybridized carbons (Fsp3) is 0.462. The van der Waals surface area contributed by atoms with Crippen molar-refractivity contribution in [3.63, 3.8) is 0 Å². The van der Waals surface area contributed by atoms with E-state index in [0.717, 1.165) is 18.4 Å². The van der Waals surface area contributed by atoms with Crippen molar-refractivity contribution in [1.82, 2.24) is 10.7 Å². The van der Waals surface area contributed by atoms with Gasteiger partial charge in [-0.05, 0) is 30.5 Å². The lowest BCUT2D eigenvalue weighted by molar-refractivity contribution is 0.613. The van der Waals surface area contributed by atoms with Gasteiger partial charge < -0.3 is 5.32 Å². The van der Waals surface area contributed by atoms with Crippen LogP contribution in [-0.4, -0.2) is 12.0 Å². The number of aliphatic imine (C=N–C) groups is 1. The zero-order valence-electron chi connectivity index (χ0n) is 10.3. The number of nitrogens with one attached hydrogen (secondary N) is 2. The van der Waals surface area contributed by atoms with Gasteiger partial charge >= 0.3 is 0 Å². The molecule has 1 aromatic carbocycles. The maximum absolute atomic E-state index is 13.0. The van der Waals surface area contributed by atoms with Crippen molar-refractivity contribution < 1.29 is 4.39 Å². The first-order valence-corrected chi connectivity index (χ1v) is 6.30. The Morgan fingerprint density at radius 2 is 2.17 bits per heavy atom. The molecular formula is C13H19FN4. The van der Waals surface area contributed by atoms with Gasteiger partial charge in [-0.25, -0.2) is 15.2 Å². The molecule has 4 nitrogen and oxygen atoms in total. The number of nitrogens with two attached hydrogens (primary N) is 1. The van der Waals surface area contributed by atoms with Crippen molar-refractivity contribution in [2.24, 2.45) is 10.8 Å². The standard InChI is InChI=1S/C13H19FN4/c14-11-5-3-4-10(8-11)9-16-13(18-15)17-12-6-1-2-7-12/h3-5,8,12H,1-2,6-7,9,15H2,(H2,16,17,18). The van der Waals surface area contributed by atoms with Gasteiger partial charge in [-0.2, -0.15) is 0 Å². The first-order chi connectivity index (χ1) is 8.78. The lowest BCUT2D eigenvalue weighted by Gasteiger charge is -2.14. The minimum atomic E-state index is -0.242. The Hall–Kier alpha value is -1.62. The van der Waals surface area contributed by atoms with E-state index in [4.69, 9.17) is 5.84 Å². The molecule has 5 heteroatoms. The van der Waals surface area contributed by atoms with E-state index in [1.807, 2.05) is 6.07 Å². The minimum Gasteiger partial charge on any atom is -0.353 e. The smallest absolute Gasteiger partial charge is 0.206 e. The third-order valence-electron chi connectivity index (χ3n) is 3.14. The summed E-state index contributed by atoms with van der Waals surface area (Å²) in [4.78, 5) is 4.32. The van der Waals surface area contributed by atoms with Crippen molar-refractivity contribution in [1.29, 1.82) is 0 Å². The number of nitrogens with zero attached hydrogens (tertiary/aromatic N) is 1. The van der Waals surface area contributed by atoms with Gasteiger partial charge in [0.2, 0.25) is 5.96 Å². The summed E-state index contributed by atoms with van der Waals surface area (Å²) in [6, 6.07) is 6.88. The summed E-state index contributed by atoms with van der Waals surface area (Å²) in [5.41, 5.74) is 3.39. The maximum Gasteiger partial charge on any atom is 0.206 e. The molecule has 0 heterocycles. The molecule has 0 saturated heterocycles. The highest BCUT2D eigenvalue weighted by Gasteiger charge is 2.15. The number of hydrogen-bond donors (Lipinski definition) is 3. The van der Waals surface area contributed by atoms with Crippen molar-refractivity contribution in [2.75, 3.05) is 0 Å². The van der Waals surface area contributed by atoms with E-state index in [2.05, 4.69) is 15.7 Å². The van der Waals surface area contributed by atoms with Crippen LogP contribution in [0.25, 0.3) is 0 Å². The zero-order valence-corrected chi connectivity index (χ0v) is 10.3. The number of benzene rings is 1. The third kappa shape index (κ3) is 3.70. The third-order valence-corrected chi connectivity index (χ3v) is 3.14. The van der Waals surface area contributed by atoms with Crippen LogP contribution >= 0.6 is 0 Å². The van der Waals surface area contributed by atoms with Crippen molar-refractivity contribution >= 4 is 5.96 Å². The highest BCUT2D eigenvalue weighted by molar-refractivity contribution is 5.79. The first kappa shape index (κ1) is 12.8. The number of rotatable bonds is 3. The Labute approximate surface area is 106 Å². The van der Waals surface area contributed by atoms with Gasteiger partial charge in [0.15, 0.2) is 0 Å². The predicted molar refractivity (Wildman–Crippen MR) is 70.3 cm³/mol. The molecule has 0 radical (unpaired) electrons. The van der Waals surface area contributed by atoms with Gasteiger partial charge in [0.25, 0.3) is 0 Å². The molecule has 2 rings (SSSR count). The first-order valence-electron chi connectivity index (χ1n) is 6.30. The Bertz CT molecular complexity index is 413. The summed E-state index contributed by atoms with van der Waals surface area (Å²) in [6.45, 7) is 0.414. The second-order valence-electron chi connectivity index (χ2n) is 4.56. The van der Waals surface area contributed by atoms with Crippen LogP contribution in [0, 0.1) is 5.82 Å². The highest BCUT2D eigenvalue weighted by atomic mass is 19.1. The van der Waals surface area contributed by atoms with E-state index in [1.165, 1.54) is 25.0 Å². The molecule has 4 N–H and O–H groups in total. The quantitative estimate of drug-likeness (QED) is 0.331. The molecule has 0 spiro atoms. The van der Waals surface area contributed by atoms with Gasteiger partial charge in [0, 0.05) is 6.04 Å². The largest absolute Gasteiger partial charge is 0.353 e. The summed E-state index contributed by atoms with van der Waals surface area (Å²) in [5, 5.41) is 3.27. The number of hydrogen-bond acceptors (Lipinski definition) is 2. The van der Waals surface area contributed by atoms with Crippen LogP contribution in [0.4, 0.5) is 4.39 Å². The lowest BCUT2D eigenvalue weighted by atomic mass is 10.2. The van der Waals surface area contributed by atoms with Gasteiger partial charge in [-0.15, -0.1) is 0 Å². The molecule has 18 heavy (non-hydrogen) atoms. The van der Waals surface area contributed by atoms with E-state index in [9.17, 15) is 4.39 Å². The van der Waals surface area contributed by atoms with Gasteiger partial charge in [-0.1, -0.05) is 25.0 Å². The average Bonchev–Trinajstić information content (AvgIpc) is 2.87. The molecule has 1 aromatic rings. The van der Waals surface area contributed by atoms with E-state index < -0.39 is 0 Å². The molecule has 0 aromatic heterocycles. The molecule has 1 fully saturated rings. The SMILES string of the molecule is NNC(=NCc1cccc(F)c1)NC1CCCC1. The summed E-state index contributed by atoms with van der Waals surface area (Å²) in [5.74, 6) is 5.76. The molecule has 0 bridgehead atoms. The highest BCUT2D eigenvalue weighted by Crippen LogP contribution is 2.17. The zero-order chi connectivity index (χ0) is 12.8. The molecule has 0 unspecified atom stereocenters. The monoisotopic (exact) mass is 250 g/mol. The molecule has 98 valence electrons. The fourth-order valence-electron chi connectivity index (χ4n) is 2.20. The van der Waals surface area contributed by atoms with Crippen molar-refractivity contribution in [3.05, 3.63) is 35.6 Å². The van der Waals surface area contributed by atoms with Gasteiger partial charge in [0.1, 0.15) is 5.82 Å². The minimum absolute atomic E-state index is 0.242. The Morgan fingerprint density at radius 3 is 2.83 bits per heavy atom. The van der Waals surface area contributed by atoms with E-state index in [0.29, 0.717) is 18.5 Å². The summed E-state index contributed by atoms with van der Waals surface area (Å²) in [6.07, 6.45) is 4.81. The van der Waals surface area contributed by atoms with Crippen LogP contribution in [0.5, 0.6) is 0 Å². The Kier molecular flexibility index (Phi) is 4.52. The molecule has 1 saturated carbocycles. The van der Waals surface area contributed by atoms with Crippen LogP contribution in [-0.2, 0) is 6.54 Å². The van der Waals surface area contributed by atoms with Crippen molar-refractivity contribution in [2.45, 2.75) is 38.3 Å². The topological polar surface area (TPSA) is 62.4 Å². The van der Waals surface area contributed by atoms with Crippen LogP contribution in [0.1, 0.15) is 31.2 Å². The molecule has 0 aliphatic heterocycles. The van der Waals surface area contributed by atoms with Gasteiger partial charge in [0.05, 0.1) is 6.54 Å².